The third-order valence-corrected chi connectivity index (χ3v) is 4.03. The molecule has 3 amide bonds. The van der Waals surface area contributed by atoms with E-state index in [-0.39, 0.29) is 12.3 Å². The zero-order valence-electron chi connectivity index (χ0n) is 15.8. The minimum Gasteiger partial charge on any atom is -0.481 e. The predicted octanol–water partition coefficient (Wildman–Crippen LogP) is -2.61. The second kappa shape index (κ2) is 12.6. The van der Waals surface area contributed by atoms with E-state index < -0.39 is 67.4 Å². The Morgan fingerprint density at radius 3 is 2.11 bits per heavy atom. The molecule has 4 atom stereocenters. The zero-order valence-corrected chi connectivity index (χ0v) is 15.8. The van der Waals surface area contributed by atoms with E-state index >= 15 is 0 Å². The van der Waals surface area contributed by atoms with Crippen molar-refractivity contribution in [3.8, 4) is 0 Å². The molecule has 0 heterocycles. The molecular weight excluding hydrogens is 376 g/mol. The van der Waals surface area contributed by atoms with E-state index in [9.17, 15) is 24.0 Å². The fourth-order valence-electron chi connectivity index (χ4n) is 2.10. The van der Waals surface area contributed by atoms with Crippen LogP contribution >= 0.6 is 0 Å². The van der Waals surface area contributed by atoms with Crippen LogP contribution in [0.25, 0.3) is 0 Å². The number of hydrogen-bond acceptors (Lipinski definition) is 7. The van der Waals surface area contributed by atoms with Crippen molar-refractivity contribution >= 4 is 29.7 Å². The number of nitrogens with two attached hydrogens (primary N) is 1. The first kappa shape index (κ1) is 25.3. The van der Waals surface area contributed by atoms with Gasteiger partial charge in [-0.05, 0) is 12.3 Å². The lowest BCUT2D eigenvalue weighted by Gasteiger charge is -2.21. The second-order valence-corrected chi connectivity index (χ2v) is 6.27. The molecule has 12 nitrogen and oxygen atoms in total. The van der Waals surface area contributed by atoms with Crippen LogP contribution in [0.3, 0.4) is 0 Å². The molecule has 4 unspecified atom stereocenters. The monoisotopic (exact) mass is 404 g/mol. The second-order valence-electron chi connectivity index (χ2n) is 6.27. The van der Waals surface area contributed by atoms with E-state index in [4.69, 9.17) is 21.1 Å². The first-order valence-electron chi connectivity index (χ1n) is 8.71. The summed E-state index contributed by atoms with van der Waals surface area (Å²) >= 11 is 0. The number of nitrogens with one attached hydrogen (secondary N) is 3. The van der Waals surface area contributed by atoms with Gasteiger partial charge in [0.25, 0.3) is 0 Å². The smallest absolute Gasteiger partial charge is 0.326 e. The van der Waals surface area contributed by atoms with Crippen molar-refractivity contribution in [3.63, 3.8) is 0 Å². The minimum absolute atomic E-state index is 0.267. The van der Waals surface area contributed by atoms with Gasteiger partial charge in [0.1, 0.15) is 18.1 Å². The summed E-state index contributed by atoms with van der Waals surface area (Å²) in [7, 11) is 0. The molecule has 0 bridgehead atoms. The molecule has 28 heavy (non-hydrogen) atoms. The number of carbonyl (C=O) groups is 5. The number of aliphatic hydroxyl groups is 1. The Kier molecular flexibility index (Phi) is 11.4. The number of carboxylic acids is 2. The number of hydrogen-bond donors (Lipinski definition) is 7. The lowest BCUT2D eigenvalue weighted by atomic mass is 9.99. The standard InChI is InChI=1S/C16H28N4O8/c1-3-8(2)13(16(27)28)20-11(22)6-18-15(26)10(4-5-12(23)24)19-14(25)9(17)7-21/h8-10,13,21H,3-7,17H2,1-2H3,(H,18,26)(H,19,25)(H,20,22)(H,23,24)(H,27,28). The van der Waals surface area contributed by atoms with E-state index in [1.54, 1.807) is 13.8 Å². The molecule has 0 aliphatic heterocycles. The number of aliphatic hydroxyl groups excluding tert-OH is 1. The molecule has 0 spiro atoms. The van der Waals surface area contributed by atoms with Gasteiger partial charge in [-0.2, -0.15) is 0 Å². The highest BCUT2D eigenvalue weighted by atomic mass is 16.4. The summed E-state index contributed by atoms with van der Waals surface area (Å²) in [6, 6.07) is -3.71. The summed E-state index contributed by atoms with van der Waals surface area (Å²) in [5, 5.41) is 33.5. The van der Waals surface area contributed by atoms with Crippen LogP contribution in [0.1, 0.15) is 33.1 Å². The van der Waals surface area contributed by atoms with E-state index in [1.807, 2.05) is 0 Å². The van der Waals surface area contributed by atoms with Gasteiger partial charge in [0, 0.05) is 6.42 Å². The normalized spacial score (nSPS) is 14.9. The molecule has 0 aliphatic carbocycles. The van der Waals surface area contributed by atoms with Crippen LogP contribution in [0.15, 0.2) is 0 Å². The van der Waals surface area contributed by atoms with Crippen LogP contribution < -0.4 is 21.7 Å². The first-order valence-corrected chi connectivity index (χ1v) is 8.71. The predicted molar refractivity (Wildman–Crippen MR) is 95.9 cm³/mol. The summed E-state index contributed by atoms with van der Waals surface area (Å²) in [6.07, 6.45) is -0.191. The molecule has 12 heteroatoms. The van der Waals surface area contributed by atoms with Crippen molar-refractivity contribution in [3.05, 3.63) is 0 Å². The number of carbonyl (C=O) groups excluding carboxylic acids is 3. The largest absolute Gasteiger partial charge is 0.481 e. The third-order valence-electron chi connectivity index (χ3n) is 4.03. The number of carboxylic acid groups (broad SMARTS) is 2. The van der Waals surface area contributed by atoms with Gasteiger partial charge in [0.05, 0.1) is 13.2 Å². The molecule has 0 aromatic carbocycles. The van der Waals surface area contributed by atoms with Crippen molar-refractivity contribution in [2.24, 2.45) is 11.7 Å². The van der Waals surface area contributed by atoms with Gasteiger partial charge in [0.15, 0.2) is 0 Å². The molecule has 0 radical (unpaired) electrons. The lowest BCUT2D eigenvalue weighted by Crippen LogP contribution is -2.54. The Morgan fingerprint density at radius 1 is 1.04 bits per heavy atom. The van der Waals surface area contributed by atoms with Crippen molar-refractivity contribution in [1.29, 1.82) is 0 Å². The van der Waals surface area contributed by atoms with Crippen molar-refractivity contribution in [2.75, 3.05) is 13.2 Å². The van der Waals surface area contributed by atoms with Gasteiger partial charge < -0.3 is 37.0 Å². The van der Waals surface area contributed by atoms with E-state index in [1.165, 1.54) is 0 Å². The molecule has 160 valence electrons. The average molecular weight is 404 g/mol. The summed E-state index contributed by atoms with van der Waals surface area (Å²) in [5.74, 6) is -5.20. The number of aliphatic carboxylic acids is 2. The number of rotatable bonds is 13. The van der Waals surface area contributed by atoms with Crippen LogP contribution in [0.4, 0.5) is 0 Å². The highest BCUT2D eigenvalue weighted by Crippen LogP contribution is 2.07. The maximum absolute atomic E-state index is 12.2. The van der Waals surface area contributed by atoms with E-state index in [0.29, 0.717) is 6.42 Å². The van der Waals surface area contributed by atoms with Gasteiger partial charge in [0.2, 0.25) is 17.7 Å². The molecule has 0 rings (SSSR count). The Hall–Kier alpha value is -2.73. The molecule has 0 saturated heterocycles. The molecule has 0 saturated carbocycles. The maximum Gasteiger partial charge on any atom is 0.326 e. The van der Waals surface area contributed by atoms with Crippen molar-refractivity contribution in [2.45, 2.75) is 51.2 Å². The van der Waals surface area contributed by atoms with Gasteiger partial charge in [-0.15, -0.1) is 0 Å². The van der Waals surface area contributed by atoms with Crippen LogP contribution in [0.5, 0.6) is 0 Å². The van der Waals surface area contributed by atoms with Crippen LogP contribution in [-0.4, -0.2) is 76.3 Å². The van der Waals surface area contributed by atoms with Crippen molar-refractivity contribution in [1.82, 2.24) is 16.0 Å². The van der Waals surface area contributed by atoms with Gasteiger partial charge in [-0.1, -0.05) is 20.3 Å². The molecule has 0 aromatic heterocycles. The van der Waals surface area contributed by atoms with Gasteiger partial charge in [-0.25, -0.2) is 4.79 Å². The highest BCUT2D eigenvalue weighted by molar-refractivity contribution is 5.92. The fourth-order valence-corrected chi connectivity index (χ4v) is 2.10. The summed E-state index contributed by atoms with van der Waals surface area (Å²) in [6.45, 7) is 2.18. The SMILES string of the molecule is CCC(C)C(NC(=O)CNC(=O)C(CCC(=O)O)NC(=O)C(N)CO)C(=O)O. The van der Waals surface area contributed by atoms with Gasteiger partial charge in [-0.3, -0.25) is 19.2 Å². The number of amides is 3. The third kappa shape index (κ3) is 9.28. The summed E-state index contributed by atoms with van der Waals surface area (Å²) in [5.41, 5.74) is 5.34. The minimum atomic E-state index is -1.30. The lowest BCUT2D eigenvalue weighted by molar-refractivity contribution is -0.143. The zero-order chi connectivity index (χ0) is 21.9. The van der Waals surface area contributed by atoms with Crippen molar-refractivity contribution < 1.29 is 39.3 Å². The average Bonchev–Trinajstić information content (AvgIpc) is 2.65. The first-order chi connectivity index (χ1) is 13.0. The molecular formula is C16H28N4O8. The van der Waals surface area contributed by atoms with E-state index in [0.717, 1.165) is 0 Å². The topological polar surface area (TPSA) is 208 Å². The summed E-state index contributed by atoms with van der Waals surface area (Å²) < 4.78 is 0. The van der Waals surface area contributed by atoms with Gasteiger partial charge >= 0.3 is 11.9 Å². The van der Waals surface area contributed by atoms with Crippen LogP contribution in [-0.2, 0) is 24.0 Å². The van der Waals surface area contributed by atoms with Crippen LogP contribution in [0.2, 0.25) is 0 Å². The fraction of sp³-hybridized carbons (Fsp3) is 0.688. The Balaban J connectivity index is 4.86. The van der Waals surface area contributed by atoms with E-state index in [2.05, 4.69) is 16.0 Å². The molecule has 0 aromatic rings. The molecule has 0 fully saturated rings. The Labute approximate surface area is 161 Å². The molecule has 0 aliphatic rings. The van der Waals surface area contributed by atoms with Crippen LogP contribution in [0, 0.1) is 5.92 Å². The molecule has 8 N–H and O–H groups in total. The Morgan fingerprint density at radius 2 is 1.64 bits per heavy atom. The maximum atomic E-state index is 12.2. The summed E-state index contributed by atoms with van der Waals surface area (Å²) in [4.78, 5) is 57.8. The quantitative estimate of drug-likeness (QED) is 0.171. The Bertz CT molecular complexity index is 583. The highest BCUT2D eigenvalue weighted by Gasteiger charge is 2.27.